The molecule has 2 rings (SSSR count). The SMILES string of the molecule is O=C(O)c1ccc(O)c(N2CC(CO)CC2=O)c1. The quantitative estimate of drug-likeness (QED) is 0.724. The Labute approximate surface area is 103 Å². The van der Waals surface area contributed by atoms with Crippen molar-refractivity contribution in [1.82, 2.24) is 0 Å². The Morgan fingerprint density at radius 1 is 1.44 bits per heavy atom. The van der Waals surface area contributed by atoms with Gasteiger partial charge in [0.1, 0.15) is 5.75 Å². The summed E-state index contributed by atoms with van der Waals surface area (Å²) >= 11 is 0. The Morgan fingerprint density at radius 2 is 2.17 bits per heavy atom. The number of benzene rings is 1. The van der Waals surface area contributed by atoms with Gasteiger partial charge in [0.25, 0.3) is 0 Å². The normalized spacial score (nSPS) is 19.3. The zero-order chi connectivity index (χ0) is 13.3. The number of anilines is 1. The summed E-state index contributed by atoms with van der Waals surface area (Å²) in [4.78, 5) is 23.9. The Balaban J connectivity index is 2.35. The Bertz CT molecular complexity index is 499. The second-order valence-corrected chi connectivity index (χ2v) is 4.27. The summed E-state index contributed by atoms with van der Waals surface area (Å²) in [6.45, 7) is 0.174. The molecule has 1 aromatic rings. The number of aromatic hydroxyl groups is 1. The van der Waals surface area contributed by atoms with Gasteiger partial charge in [0.15, 0.2) is 0 Å². The van der Waals surface area contributed by atoms with Crippen molar-refractivity contribution < 1.29 is 24.9 Å². The molecule has 1 unspecified atom stereocenters. The van der Waals surface area contributed by atoms with E-state index in [4.69, 9.17) is 10.2 Å². The Hall–Kier alpha value is -2.08. The molecule has 1 fully saturated rings. The predicted molar refractivity (Wildman–Crippen MR) is 62.6 cm³/mol. The molecule has 1 aliphatic rings. The van der Waals surface area contributed by atoms with Crippen LogP contribution < -0.4 is 4.90 Å². The van der Waals surface area contributed by atoms with Crippen molar-refractivity contribution in [2.75, 3.05) is 18.1 Å². The fraction of sp³-hybridized carbons (Fsp3) is 0.333. The molecule has 0 aliphatic carbocycles. The van der Waals surface area contributed by atoms with Crippen LogP contribution in [-0.2, 0) is 4.79 Å². The minimum absolute atomic E-state index is 0.00282. The number of nitrogens with zero attached hydrogens (tertiary/aromatic N) is 1. The van der Waals surface area contributed by atoms with Crippen LogP contribution in [0.3, 0.4) is 0 Å². The van der Waals surface area contributed by atoms with E-state index in [1.807, 2.05) is 0 Å². The molecule has 18 heavy (non-hydrogen) atoms. The zero-order valence-electron chi connectivity index (χ0n) is 9.54. The third-order valence-corrected chi connectivity index (χ3v) is 2.98. The molecule has 0 aromatic heterocycles. The van der Waals surface area contributed by atoms with Crippen LogP contribution in [0.2, 0.25) is 0 Å². The highest BCUT2D eigenvalue weighted by Crippen LogP contribution is 2.33. The number of aromatic carboxylic acids is 1. The van der Waals surface area contributed by atoms with E-state index in [-0.39, 0.29) is 48.4 Å². The lowest BCUT2D eigenvalue weighted by Crippen LogP contribution is -2.25. The number of aliphatic hydroxyl groups is 1. The molecule has 1 aromatic carbocycles. The van der Waals surface area contributed by atoms with E-state index >= 15 is 0 Å². The number of carboxylic acid groups (broad SMARTS) is 1. The van der Waals surface area contributed by atoms with Gasteiger partial charge < -0.3 is 20.2 Å². The molecule has 0 bridgehead atoms. The number of carbonyl (C=O) groups excluding carboxylic acids is 1. The number of carbonyl (C=O) groups is 2. The van der Waals surface area contributed by atoms with E-state index in [1.54, 1.807) is 0 Å². The van der Waals surface area contributed by atoms with Crippen molar-refractivity contribution in [3.63, 3.8) is 0 Å². The van der Waals surface area contributed by atoms with E-state index < -0.39 is 5.97 Å². The fourth-order valence-electron chi connectivity index (χ4n) is 2.01. The van der Waals surface area contributed by atoms with E-state index in [0.29, 0.717) is 0 Å². The first-order valence-corrected chi connectivity index (χ1v) is 5.50. The smallest absolute Gasteiger partial charge is 0.335 e. The van der Waals surface area contributed by atoms with Crippen LogP contribution in [0.4, 0.5) is 5.69 Å². The van der Waals surface area contributed by atoms with Gasteiger partial charge in [-0.25, -0.2) is 4.79 Å². The average Bonchev–Trinajstić information content (AvgIpc) is 2.71. The van der Waals surface area contributed by atoms with Crippen molar-refractivity contribution >= 4 is 17.6 Å². The molecule has 1 atom stereocenters. The molecule has 0 saturated carbocycles. The summed E-state index contributed by atoms with van der Waals surface area (Å²) in [7, 11) is 0. The number of hydrogen-bond donors (Lipinski definition) is 3. The van der Waals surface area contributed by atoms with Gasteiger partial charge in [-0.05, 0) is 18.2 Å². The molecule has 96 valence electrons. The summed E-state index contributed by atoms with van der Waals surface area (Å²) in [6.07, 6.45) is 0.202. The van der Waals surface area contributed by atoms with E-state index in [1.165, 1.54) is 23.1 Å². The van der Waals surface area contributed by atoms with Crippen molar-refractivity contribution in [3.05, 3.63) is 23.8 Å². The molecule has 3 N–H and O–H groups in total. The number of phenols is 1. The molecule has 0 radical (unpaired) electrons. The van der Waals surface area contributed by atoms with Crippen LogP contribution in [0.5, 0.6) is 5.75 Å². The highest BCUT2D eigenvalue weighted by atomic mass is 16.4. The van der Waals surface area contributed by atoms with E-state index in [0.717, 1.165) is 0 Å². The number of rotatable bonds is 3. The molecule has 1 heterocycles. The lowest BCUT2D eigenvalue weighted by atomic mass is 10.1. The molecule has 1 amide bonds. The van der Waals surface area contributed by atoms with Gasteiger partial charge in [-0.15, -0.1) is 0 Å². The van der Waals surface area contributed by atoms with Crippen LogP contribution in [0.1, 0.15) is 16.8 Å². The van der Waals surface area contributed by atoms with E-state index in [2.05, 4.69) is 0 Å². The molecule has 6 heteroatoms. The molecule has 1 saturated heterocycles. The van der Waals surface area contributed by atoms with Crippen LogP contribution >= 0.6 is 0 Å². The van der Waals surface area contributed by atoms with Gasteiger partial charge in [-0.2, -0.15) is 0 Å². The number of carboxylic acids is 1. The molecular formula is C12H13NO5. The maximum atomic E-state index is 11.7. The van der Waals surface area contributed by atoms with Crippen molar-refractivity contribution in [2.24, 2.45) is 5.92 Å². The first-order chi connectivity index (χ1) is 8.52. The van der Waals surface area contributed by atoms with Crippen molar-refractivity contribution in [1.29, 1.82) is 0 Å². The minimum Gasteiger partial charge on any atom is -0.506 e. The predicted octanol–water partition coefficient (Wildman–Crippen LogP) is 0.436. The Morgan fingerprint density at radius 3 is 2.72 bits per heavy atom. The number of hydrogen-bond acceptors (Lipinski definition) is 4. The lowest BCUT2D eigenvalue weighted by Gasteiger charge is -2.18. The highest BCUT2D eigenvalue weighted by molar-refractivity contribution is 5.99. The molecular weight excluding hydrogens is 238 g/mol. The third-order valence-electron chi connectivity index (χ3n) is 2.98. The summed E-state index contributed by atoms with van der Waals surface area (Å²) in [5, 5.41) is 27.6. The monoisotopic (exact) mass is 251 g/mol. The van der Waals surface area contributed by atoms with Crippen LogP contribution in [-0.4, -0.2) is 40.3 Å². The number of aliphatic hydroxyl groups excluding tert-OH is 1. The Kier molecular flexibility index (Phi) is 3.20. The summed E-state index contributed by atoms with van der Waals surface area (Å²) in [5.41, 5.74) is 0.180. The van der Waals surface area contributed by atoms with Gasteiger partial charge in [0, 0.05) is 25.5 Å². The minimum atomic E-state index is -1.12. The van der Waals surface area contributed by atoms with Gasteiger partial charge in [-0.3, -0.25) is 4.79 Å². The first-order valence-electron chi connectivity index (χ1n) is 5.50. The number of phenolic OH excluding ortho intramolecular Hbond substituents is 1. The average molecular weight is 251 g/mol. The van der Waals surface area contributed by atoms with Crippen LogP contribution in [0.15, 0.2) is 18.2 Å². The van der Waals surface area contributed by atoms with Crippen LogP contribution in [0.25, 0.3) is 0 Å². The maximum absolute atomic E-state index is 11.7. The third kappa shape index (κ3) is 2.14. The molecule has 6 nitrogen and oxygen atoms in total. The molecule has 0 spiro atoms. The fourth-order valence-corrected chi connectivity index (χ4v) is 2.01. The lowest BCUT2D eigenvalue weighted by molar-refractivity contribution is -0.117. The second kappa shape index (κ2) is 4.66. The van der Waals surface area contributed by atoms with Gasteiger partial charge >= 0.3 is 5.97 Å². The number of amides is 1. The van der Waals surface area contributed by atoms with Crippen molar-refractivity contribution in [2.45, 2.75) is 6.42 Å². The summed E-state index contributed by atoms with van der Waals surface area (Å²) < 4.78 is 0. The highest BCUT2D eigenvalue weighted by Gasteiger charge is 2.31. The second-order valence-electron chi connectivity index (χ2n) is 4.27. The van der Waals surface area contributed by atoms with Gasteiger partial charge in [0.2, 0.25) is 5.91 Å². The van der Waals surface area contributed by atoms with Crippen LogP contribution in [0, 0.1) is 5.92 Å². The maximum Gasteiger partial charge on any atom is 0.335 e. The summed E-state index contributed by atoms with van der Waals surface area (Å²) in [6, 6.07) is 3.78. The largest absolute Gasteiger partial charge is 0.506 e. The topological polar surface area (TPSA) is 98.1 Å². The molecule has 1 aliphatic heterocycles. The van der Waals surface area contributed by atoms with Crippen molar-refractivity contribution in [3.8, 4) is 5.75 Å². The standard InChI is InChI=1S/C12H13NO5/c14-6-7-3-11(16)13(5-7)9-4-8(12(17)18)1-2-10(9)15/h1-2,4,7,14-15H,3,5-6H2,(H,17,18). The summed E-state index contributed by atoms with van der Waals surface area (Å²) in [5.74, 6) is -1.68. The van der Waals surface area contributed by atoms with Gasteiger partial charge in [0.05, 0.1) is 11.3 Å². The first kappa shape index (κ1) is 12.4. The van der Waals surface area contributed by atoms with Gasteiger partial charge in [-0.1, -0.05) is 0 Å². The zero-order valence-corrected chi connectivity index (χ0v) is 9.54. The van der Waals surface area contributed by atoms with E-state index in [9.17, 15) is 14.7 Å².